The molecular formula is C22H30F3N3O2. The number of anilines is 3. The number of methoxy groups -OCH3 is 1. The van der Waals surface area contributed by atoms with E-state index in [-0.39, 0.29) is 11.8 Å². The van der Waals surface area contributed by atoms with Crippen molar-refractivity contribution in [2.75, 3.05) is 57.2 Å². The van der Waals surface area contributed by atoms with Crippen LogP contribution in [0.5, 0.6) is 0 Å². The largest absolute Gasteiger partial charge is 0.385 e. The van der Waals surface area contributed by atoms with E-state index in [0.29, 0.717) is 24.5 Å². The maximum atomic E-state index is 14.1. The smallest absolute Gasteiger partial charge is 0.149 e. The van der Waals surface area contributed by atoms with Gasteiger partial charge < -0.3 is 25.0 Å². The Balaban J connectivity index is 0.000000735. The first kappa shape index (κ1) is 24.0. The van der Waals surface area contributed by atoms with Crippen molar-refractivity contribution in [3.05, 3.63) is 53.8 Å². The van der Waals surface area contributed by atoms with Crippen molar-refractivity contribution in [2.24, 2.45) is 0 Å². The second-order valence-electron chi connectivity index (χ2n) is 6.78. The second-order valence-corrected chi connectivity index (χ2v) is 6.78. The van der Waals surface area contributed by atoms with Crippen LogP contribution < -0.4 is 15.5 Å². The monoisotopic (exact) mass is 425 g/mol. The van der Waals surface area contributed by atoms with Gasteiger partial charge in [-0.3, -0.25) is 0 Å². The second kappa shape index (κ2) is 12.4. The van der Waals surface area contributed by atoms with Crippen LogP contribution in [0.25, 0.3) is 0 Å². The zero-order chi connectivity index (χ0) is 21.9. The van der Waals surface area contributed by atoms with Crippen LogP contribution in [0.15, 0.2) is 36.4 Å². The first-order valence-corrected chi connectivity index (χ1v) is 10.00. The Morgan fingerprint density at radius 3 is 2.50 bits per heavy atom. The van der Waals surface area contributed by atoms with Crippen LogP contribution in [0, 0.1) is 17.5 Å². The molecule has 0 amide bonds. The molecule has 2 aromatic rings. The van der Waals surface area contributed by atoms with Crippen LogP contribution in [0.1, 0.15) is 13.3 Å². The van der Waals surface area contributed by atoms with E-state index >= 15 is 0 Å². The molecule has 0 saturated carbocycles. The van der Waals surface area contributed by atoms with Crippen LogP contribution in [0.4, 0.5) is 30.2 Å². The standard InChI is InChI=1S/C19H22F3N3O.C3H8O/c1-25(19-15(21)3-2-4-16(19)22)18-6-5-13(20)11-17(18)24-8-7-14-12-23-9-10-26-14;1-3-4-2/h2-6,11,14,23-24H,7-10,12H2,1H3;3H2,1-2H3. The van der Waals surface area contributed by atoms with E-state index in [0.717, 1.165) is 26.1 Å². The van der Waals surface area contributed by atoms with Gasteiger partial charge in [0.1, 0.15) is 23.1 Å². The summed E-state index contributed by atoms with van der Waals surface area (Å²) in [5.74, 6) is -1.77. The molecule has 0 bridgehead atoms. The number of morpholine rings is 1. The molecule has 2 N–H and O–H groups in total. The first-order chi connectivity index (χ1) is 14.5. The lowest BCUT2D eigenvalue weighted by Crippen LogP contribution is -2.39. The Kier molecular flexibility index (Phi) is 9.93. The topological polar surface area (TPSA) is 45.8 Å². The molecule has 1 aliphatic heterocycles. The summed E-state index contributed by atoms with van der Waals surface area (Å²) in [6, 6.07) is 7.79. The highest BCUT2D eigenvalue weighted by Crippen LogP contribution is 2.34. The lowest BCUT2D eigenvalue weighted by molar-refractivity contribution is 0.0258. The van der Waals surface area contributed by atoms with E-state index in [2.05, 4.69) is 15.4 Å². The van der Waals surface area contributed by atoms with Crippen LogP contribution >= 0.6 is 0 Å². The number of ether oxygens (including phenoxy) is 2. The summed E-state index contributed by atoms with van der Waals surface area (Å²) in [5.41, 5.74) is 0.777. The van der Waals surface area contributed by atoms with Crippen molar-refractivity contribution in [1.82, 2.24) is 5.32 Å². The van der Waals surface area contributed by atoms with E-state index in [4.69, 9.17) is 4.74 Å². The van der Waals surface area contributed by atoms with Crippen molar-refractivity contribution < 1.29 is 22.6 Å². The quantitative estimate of drug-likeness (QED) is 0.692. The van der Waals surface area contributed by atoms with Gasteiger partial charge in [0.15, 0.2) is 0 Å². The molecule has 0 spiro atoms. The number of nitrogens with one attached hydrogen (secondary N) is 2. The Labute approximate surface area is 176 Å². The Hall–Kier alpha value is -2.29. The van der Waals surface area contributed by atoms with Gasteiger partial charge in [-0.2, -0.15) is 0 Å². The molecule has 0 aliphatic carbocycles. The SMILES string of the molecule is CCOC.CN(c1ccc(F)cc1NCCC1CNCCO1)c1c(F)cccc1F. The van der Waals surface area contributed by atoms with E-state index in [1.807, 2.05) is 6.92 Å². The molecule has 0 aromatic heterocycles. The van der Waals surface area contributed by atoms with Gasteiger partial charge in [0.05, 0.1) is 24.1 Å². The lowest BCUT2D eigenvalue weighted by Gasteiger charge is -2.26. The molecule has 1 saturated heterocycles. The van der Waals surface area contributed by atoms with Crippen molar-refractivity contribution in [3.8, 4) is 0 Å². The van der Waals surface area contributed by atoms with Crippen LogP contribution in [0.2, 0.25) is 0 Å². The number of hydrogen-bond donors (Lipinski definition) is 2. The number of benzene rings is 2. The third-order valence-electron chi connectivity index (χ3n) is 4.67. The minimum atomic E-state index is -0.676. The Bertz CT molecular complexity index is 764. The van der Waals surface area contributed by atoms with Gasteiger partial charge in [0.2, 0.25) is 0 Å². The average molecular weight is 425 g/mol. The summed E-state index contributed by atoms with van der Waals surface area (Å²) in [6.07, 6.45) is 0.829. The Morgan fingerprint density at radius 2 is 1.90 bits per heavy atom. The molecule has 166 valence electrons. The maximum absolute atomic E-state index is 14.1. The fraction of sp³-hybridized carbons (Fsp3) is 0.455. The zero-order valence-electron chi connectivity index (χ0n) is 17.7. The van der Waals surface area contributed by atoms with Gasteiger partial charge in [-0.15, -0.1) is 0 Å². The number of para-hydroxylation sites is 1. The molecule has 1 atom stereocenters. The third-order valence-corrected chi connectivity index (χ3v) is 4.67. The highest BCUT2D eigenvalue weighted by molar-refractivity contribution is 5.76. The molecule has 2 aromatic carbocycles. The lowest BCUT2D eigenvalue weighted by atomic mass is 10.2. The predicted molar refractivity (Wildman–Crippen MR) is 114 cm³/mol. The van der Waals surface area contributed by atoms with Gasteiger partial charge in [0, 0.05) is 40.4 Å². The van der Waals surface area contributed by atoms with Crippen molar-refractivity contribution in [2.45, 2.75) is 19.4 Å². The average Bonchev–Trinajstić information content (AvgIpc) is 2.74. The van der Waals surface area contributed by atoms with Gasteiger partial charge in [-0.05, 0) is 43.7 Å². The number of hydrogen-bond acceptors (Lipinski definition) is 5. The van der Waals surface area contributed by atoms with Crippen LogP contribution in [-0.4, -0.2) is 53.1 Å². The van der Waals surface area contributed by atoms with E-state index in [9.17, 15) is 13.2 Å². The first-order valence-electron chi connectivity index (χ1n) is 10.00. The fourth-order valence-electron chi connectivity index (χ4n) is 3.05. The predicted octanol–water partition coefficient (Wildman–Crippen LogP) is 4.31. The summed E-state index contributed by atoms with van der Waals surface area (Å²) in [7, 11) is 3.23. The minimum absolute atomic E-state index is 0.0926. The summed E-state index contributed by atoms with van der Waals surface area (Å²) in [4.78, 5) is 1.38. The highest BCUT2D eigenvalue weighted by atomic mass is 19.1. The molecule has 1 heterocycles. The van der Waals surface area contributed by atoms with Crippen molar-refractivity contribution >= 4 is 17.1 Å². The van der Waals surface area contributed by atoms with Gasteiger partial charge in [-0.1, -0.05) is 6.07 Å². The molecule has 1 aliphatic rings. The minimum Gasteiger partial charge on any atom is -0.385 e. The normalized spacial score (nSPS) is 15.9. The number of nitrogens with zero attached hydrogens (tertiary/aromatic N) is 1. The van der Waals surface area contributed by atoms with Gasteiger partial charge in [0.25, 0.3) is 0 Å². The summed E-state index contributed by atoms with van der Waals surface area (Å²) in [5, 5.41) is 6.41. The summed E-state index contributed by atoms with van der Waals surface area (Å²) < 4.78 is 52.1. The van der Waals surface area contributed by atoms with Crippen LogP contribution in [0.3, 0.4) is 0 Å². The fourth-order valence-corrected chi connectivity index (χ4v) is 3.05. The van der Waals surface area contributed by atoms with E-state index < -0.39 is 17.5 Å². The molecule has 3 rings (SSSR count). The third kappa shape index (κ3) is 6.90. The molecule has 8 heteroatoms. The molecule has 1 fully saturated rings. The zero-order valence-corrected chi connectivity index (χ0v) is 17.7. The molecule has 1 unspecified atom stereocenters. The van der Waals surface area contributed by atoms with Crippen molar-refractivity contribution in [3.63, 3.8) is 0 Å². The highest BCUT2D eigenvalue weighted by Gasteiger charge is 2.18. The van der Waals surface area contributed by atoms with E-state index in [1.165, 1.54) is 41.3 Å². The van der Waals surface area contributed by atoms with Crippen LogP contribution in [-0.2, 0) is 9.47 Å². The van der Waals surface area contributed by atoms with Crippen molar-refractivity contribution in [1.29, 1.82) is 0 Å². The Morgan fingerprint density at radius 1 is 1.20 bits per heavy atom. The molecule has 5 nitrogen and oxygen atoms in total. The maximum Gasteiger partial charge on any atom is 0.149 e. The summed E-state index contributed by atoms with van der Waals surface area (Å²) in [6.45, 7) is 5.62. The van der Waals surface area contributed by atoms with Gasteiger partial charge in [-0.25, -0.2) is 13.2 Å². The van der Waals surface area contributed by atoms with Gasteiger partial charge >= 0.3 is 0 Å². The summed E-state index contributed by atoms with van der Waals surface area (Å²) >= 11 is 0. The number of halogens is 3. The molecule has 30 heavy (non-hydrogen) atoms. The molecule has 0 radical (unpaired) electrons. The molecular weight excluding hydrogens is 395 g/mol. The van der Waals surface area contributed by atoms with E-state index in [1.54, 1.807) is 14.2 Å². The number of rotatable bonds is 7.